The van der Waals surface area contributed by atoms with Gasteiger partial charge in [0.25, 0.3) is 0 Å². The molecule has 0 saturated heterocycles. The van der Waals surface area contributed by atoms with Gasteiger partial charge < -0.3 is 11.1 Å². The number of benzene rings is 1. The van der Waals surface area contributed by atoms with E-state index < -0.39 is 4.92 Å². The van der Waals surface area contributed by atoms with E-state index in [0.29, 0.717) is 5.69 Å². The van der Waals surface area contributed by atoms with Crippen molar-refractivity contribution in [1.82, 2.24) is 4.98 Å². The van der Waals surface area contributed by atoms with Crippen molar-refractivity contribution in [1.29, 1.82) is 0 Å². The van der Waals surface area contributed by atoms with Gasteiger partial charge in [-0.15, -0.1) is 0 Å². The number of anilines is 1. The van der Waals surface area contributed by atoms with Gasteiger partial charge in [-0.2, -0.15) is 4.99 Å². The van der Waals surface area contributed by atoms with Crippen molar-refractivity contribution in [3.63, 3.8) is 0 Å². The summed E-state index contributed by atoms with van der Waals surface area (Å²) in [5.74, 6) is -0.0197. The van der Waals surface area contributed by atoms with E-state index in [0.717, 1.165) is 4.47 Å². The quantitative estimate of drug-likeness (QED) is 0.388. The van der Waals surface area contributed by atoms with Crippen LogP contribution in [0.2, 0.25) is 0 Å². The number of nitrogens with one attached hydrogen (secondary N) is 1. The van der Waals surface area contributed by atoms with Crippen molar-refractivity contribution < 1.29 is 4.92 Å². The van der Waals surface area contributed by atoms with Gasteiger partial charge in [-0.3, -0.25) is 10.1 Å². The van der Waals surface area contributed by atoms with Crippen LogP contribution in [0, 0.1) is 10.1 Å². The van der Waals surface area contributed by atoms with Crippen LogP contribution in [0.25, 0.3) is 0 Å². The summed E-state index contributed by atoms with van der Waals surface area (Å²) in [4.78, 5) is 18.0. The third-order valence-corrected chi connectivity index (χ3v) is 2.83. The molecule has 0 atom stereocenters. The molecule has 7 nitrogen and oxygen atoms in total. The normalized spacial score (nSPS) is 11.2. The lowest BCUT2D eigenvalue weighted by Gasteiger charge is -2.05. The summed E-state index contributed by atoms with van der Waals surface area (Å²) in [6.45, 7) is 0. The Morgan fingerprint density at radius 1 is 1.35 bits per heavy atom. The molecule has 20 heavy (non-hydrogen) atoms. The van der Waals surface area contributed by atoms with E-state index in [9.17, 15) is 10.1 Å². The number of halogens is 1. The predicted molar refractivity (Wildman–Crippen MR) is 79.9 cm³/mol. The zero-order valence-corrected chi connectivity index (χ0v) is 11.7. The van der Waals surface area contributed by atoms with Crippen LogP contribution >= 0.6 is 15.9 Å². The first-order chi connectivity index (χ1) is 9.56. The summed E-state index contributed by atoms with van der Waals surface area (Å²) < 4.78 is 0.930. The van der Waals surface area contributed by atoms with Gasteiger partial charge in [-0.05, 0) is 30.3 Å². The SMILES string of the molecule is N/C(=N\c1ncccc1[N+](=O)[O-])Nc1ccc(Br)cc1. The molecule has 3 N–H and O–H groups in total. The minimum absolute atomic E-state index is 0.0223. The van der Waals surface area contributed by atoms with Crippen LogP contribution in [-0.4, -0.2) is 15.9 Å². The number of guanidine groups is 1. The van der Waals surface area contributed by atoms with Gasteiger partial charge in [0.05, 0.1) is 4.92 Å². The molecular weight excluding hydrogens is 326 g/mol. The molecule has 0 saturated carbocycles. The van der Waals surface area contributed by atoms with Crippen molar-refractivity contribution in [2.24, 2.45) is 10.7 Å². The van der Waals surface area contributed by atoms with Crippen LogP contribution in [0.15, 0.2) is 52.1 Å². The van der Waals surface area contributed by atoms with Gasteiger partial charge in [0, 0.05) is 22.4 Å². The third kappa shape index (κ3) is 3.51. The van der Waals surface area contributed by atoms with Crippen LogP contribution in [0.3, 0.4) is 0 Å². The minimum Gasteiger partial charge on any atom is -0.369 e. The van der Waals surface area contributed by atoms with Gasteiger partial charge in [-0.1, -0.05) is 15.9 Å². The van der Waals surface area contributed by atoms with Crippen molar-refractivity contribution >= 4 is 39.1 Å². The van der Waals surface area contributed by atoms with Crippen molar-refractivity contribution in [2.45, 2.75) is 0 Å². The first-order valence-electron chi connectivity index (χ1n) is 5.52. The molecule has 0 fully saturated rings. The molecule has 0 aliphatic rings. The smallest absolute Gasteiger partial charge is 0.313 e. The van der Waals surface area contributed by atoms with Gasteiger partial charge in [0.2, 0.25) is 5.82 Å². The second kappa shape index (κ2) is 6.11. The fraction of sp³-hybridized carbons (Fsp3) is 0. The summed E-state index contributed by atoms with van der Waals surface area (Å²) in [6, 6.07) is 10.0. The maximum absolute atomic E-state index is 10.8. The Labute approximate surface area is 122 Å². The van der Waals surface area contributed by atoms with E-state index in [-0.39, 0.29) is 17.5 Å². The standard InChI is InChI=1S/C12H10BrN5O2/c13-8-3-5-9(6-4-8)16-12(14)17-11-10(18(19)20)2-1-7-15-11/h1-7H,(H3,14,15,16,17). The molecule has 1 heterocycles. The van der Waals surface area contributed by atoms with Crippen molar-refractivity contribution in [2.75, 3.05) is 5.32 Å². The summed E-state index contributed by atoms with van der Waals surface area (Å²) in [7, 11) is 0. The third-order valence-electron chi connectivity index (χ3n) is 2.31. The highest BCUT2D eigenvalue weighted by molar-refractivity contribution is 9.10. The van der Waals surface area contributed by atoms with Crippen molar-refractivity contribution in [3.05, 3.63) is 57.2 Å². The molecule has 0 unspecified atom stereocenters. The van der Waals surface area contributed by atoms with Crippen LogP contribution < -0.4 is 11.1 Å². The largest absolute Gasteiger partial charge is 0.369 e. The van der Waals surface area contributed by atoms with E-state index in [4.69, 9.17) is 5.73 Å². The zero-order chi connectivity index (χ0) is 14.5. The molecule has 1 aromatic heterocycles. The zero-order valence-electron chi connectivity index (χ0n) is 10.2. The Hall–Kier alpha value is -2.48. The monoisotopic (exact) mass is 335 g/mol. The average Bonchev–Trinajstić information content (AvgIpc) is 2.41. The van der Waals surface area contributed by atoms with Crippen LogP contribution in [0.5, 0.6) is 0 Å². The fourth-order valence-electron chi connectivity index (χ4n) is 1.44. The van der Waals surface area contributed by atoms with Crippen LogP contribution in [-0.2, 0) is 0 Å². The van der Waals surface area contributed by atoms with Crippen LogP contribution in [0.4, 0.5) is 17.2 Å². The fourth-order valence-corrected chi connectivity index (χ4v) is 1.70. The number of nitro groups is 1. The van der Waals surface area contributed by atoms with E-state index in [1.807, 2.05) is 12.1 Å². The van der Waals surface area contributed by atoms with E-state index >= 15 is 0 Å². The molecule has 0 amide bonds. The highest BCUT2D eigenvalue weighted by Crippen LogP contribution is 2.23. The Balaban J connectivity index is 2.22. The lowest BCUT2D eigenvalue weighted by atomic mass is 10.3. The maximum Gasteiger partial charge on any atom is 0.313 e. The molecule has 8 heteroatoms. The maximum atomic E-state index is 10.8. The summed E-state index contributed by atoms with van der Waals surface area (Å²) in [5.41, 5.74) is 6.22. The van der Waals surface area contributed by atoms with E-state index in [1.54, 1.807) is 12.1 Å². The lowest BCUT2D eigenvalue weighted by Crippen LogP contribution is -2.22. The van der Waals surface area contributed by atoms with Gasteiger partial charge in [0.1, 0.15) is 0 Å². The highest BCUT2D eigenvalue weighted by atomic mass is 79.9. The number of nitrogens with two attached hydrogens (primary N) is 1. The predicted octanol–water partition coefficient (Wildman–Crippen LogP) is 2.81. The minimum atomic E-state index is -0.557. The molecule has 2 aromatic rings. The number of pyridine rings is 1. The second-order valence-corrected chi connectivity index (χ2v) is 4.65. The first-order valence-corrected chi connectivity index (χ1v) is 6.32. The van der Waals surface area contributed by atoms with Crippen LogP contribution in [0.1, 0.15) is 0 Å². The Morgan fingerprint density at radius 2 is 2.05 bits per heavy atom. The molecule has 2 rings (SSSR count). The molecule has 1 aromatic carbocycles. The Bertz CT molecular complexity index is 657. The Morgan fingerprint density at radius 3 is 2.70 bits per heavy atom. The highest BCUT2D eigenvalue weighted by Gasteiger charge is 2.13. The van der Waals surface area contributed by atoms with E-state index in [1.165, 1.54) is 18.3 Å². The number of aliphatic imine (C=N–C) groups is 1. The topological polar surface area (TPSA) is 106 Å². The molecular formula is C12H10BrN5O2. The van der Waals surface area contributed by atoms with Gasteiger partial charge in [-0.25, -0.2) is 4.98 Å². The summed E-state index contributed by atoms with van der Waals surface area (Å²) in [6.07, 6.45) is 1.42. The number of hydrogen-bond acceptors (Lipinski definition) is 4. The molecule has 0 bridgehead atoms. The van der Waals surface area contributed by atoms with Gasteiger partial charge in [0.15, 0.2) is 5.96 Å². The molecule has 0 aliphatic carbocycles. The van der Waals surface area contributed by atoms with Gasteiger partial charge >= 0.3 is 5.69 Å². The molecule has 0 spiro atoms. The van der Waals surface area contributed by atoms with Crippen molar-refractivity contribution in [3.8, 4) is 0 Å². The van der Waals surface area contributed by atoms with E-state index in [2.05, 4.69) is 31.2 Å². The Kier molecular flexibility index (Phi) is 4.26. The summed E-state index contributed by atoms with van der Waals surface area (Å²) in [5, 5.41) is 13.7. The summed E-state index contributed by atoms with van der Waals surface area (Å²) >= 11 is 3.32. The first kappa shape index (κ1) is 13.9. The molecule has 0 aliphatic heterocycles. The number of nitrogens with zero attached hydrogens (tertiary/aromatic N) is 3. The second-order valence-electron chi connectivity index (χ2n) is 3.73. The number of aromatic nitrogens is 1. The number of rotatable bonds is 3. The molecule has 0 radical (unpaired) electrons. The number of hydrogen-bond donors (Lipinski definition) is 2. The lowest BCUT2D eigenvalue weighted by molar-refractivity contribution is -0.384. The average molecular weight is 336 g/mol. The molecule has 102 valence electrons.